The van der Waals surface area contributed by atoms with Crippen molar-refractivity contribution in [1.29, 1.82) is 0 Å². The van der Waals surface area contributed by atoms with Crippen LogP contribution < -0.4 is 15.6 Å². The fraction of sp³-hybridized carbons (Fsp3) is 0.211. The van der Waals surface area contributed by atoms with E-state index in [1.54, 1.807) is 7.11 Å². The number of methoxy groups -OCH3 is 1. The Balaban J connectivity index is 1.75. The second-order valence-electron chi connectivity index (χ2n) is 5.90. The number of rotatable bonds is 5. The number of benzene rings is 2. The number of H-pyrrole nitrogens is 1. The molecule has 0 bridgehead atoms. The molecule has 2 aromatic carbocycles. The summed E-state index contributed by atoms with van der Waals surface area (Å²) in [5, 5.41) is 11.2. The number of aromatic amines is 1. The van der Waals surface area contributed by atoms with Crippen LogP contribution >= 0.6 is 0 Å². The van der Waals surface area contributed by atoms with Crippen molar-refractivity contribution in [3.63, 3.8) is 0 Å². The molecule has 0 radical (unpaired) electrons. The number of hydrogen-bond acceptors (Lipinski definition) is 5. The first kappa shape index (κ1) is 16.7. The third kappa shape index (κ3) is 4.03. The predicted octanol–water partition coefficient (Wildman–Crippen LogP) is 3.12. The summed E-state index contributed by atoms with van der Waals surface area (Å²) in [5.74, 6) is 1.10. The molecular weight excluding hydrogens is 316 g/mol. The van der Waals surface area contributed by atoms with Crippen LogP contribution in [-0.2, 0) is 6.42 Å². The van der Waals surface area contributed by atoms with E-state index in [1.807, 2.05) is 49.4 Å². The van der Waals surface area contributed by atoms with Gasteiger partial charge in [-0.05, 0) is 54.8 Å². The van der Waals surface area contributed by atoms with Crippen molar-refractivity contribution in [2.75, 3.05) is 12.4 Å². The molecule has 6 nitrogen and oxygen atoms in total. The Morgan fingerprint density at radius 3 is 2.44 bits per heavy atom. The van der Waals surface area contributed by atoms with Crippen LogP contribution in [0.3, 0.4) is 0 Å². The highest BCUT2D eigenvalue weighted by Gasteiger charge is 2.07. The number of ether oxygens (including phenoxy) is 1. The Hall–Kier alpha value is -3.15. The normalized spacial score (nSPS) is 10.5. The van der Waals surface area contributed by atoms with Crippen LogP contribution in [0.15, 0.2) is 47.3 Å². The Bertz CT molecular complexity index is 933. The van der Waals surface area contributed by atoms with E-state index in [0.29, 0.717) is 18.1 Å². The summed E-state index contributed by atoms with van der Waals surface area (Å²) in [5.41, 5.74) is 4.32. The molecule has 3 aromatic rings. The van der Waals surface area contributed by atoms with Crippen LogP contribution in [0.4, 0.5) is 11.6 Å². The molecule has 0 amide bonds. The molecule has 0 atom stereocenters. The minimum atomic E-state index is -0.253. The number of nitrogens with one attached hydrogen (secondary N) is 2. The topological polar surface area (TPSA) is 79.9 Å². The van der Waals surface area contributed by atoms with Gasteiger partial charge in [0, 0.05) is 12.1 Å². The van der Waals surface area contributed by atoms with Gasteiger partial charge in [-0.2, -0.15) is 0 Å². The second-order valence-corrected chi connectivity index (χ2v) is 5.90. The van der Waals surface area contributed by atoms with Crippen LogP contribution in [0.5, 0.6) is 5.75 Å². The standard InChI is InChI=1S/C19H20N4O2/c1-12-4-7-15(10-13(12)2)20-19-21-18(24)17(22-23-19)11-14-5-8-16(25-3)9-6-14/h4-10H,11H2,1-3H3,(H2,20,21,23,24). The molecule has 0 saturated carbocycles. The van der Waals surface area contributed by atoms with Crippen molar-refractivity contribution < 1.29 is 4.74 Å². The Labute approximate surface area is 145 Å². The van der Waals surface area contributed by atoms with Crippen LogP contribution in [-0.4, -0.2) is 22.3 Å². The lowest BCUT2D eigenvalue weighted by Gasteiger charge is -2.08. The Morgan fingerprint density at radius 2 is 1.80 bits per heavy atom. The SMILES string of the molecule is COc1ccc(Cc2nnc(Nc3ccc(C)c(C)c3)[nH]c2=O)cc1. The lowest BCUT2D eigenvalue weighted by Crippen LogP contribution is -2.18. The van der Waals surface area contributed by atoms with Crippen molar-refractivity contribution in [1.82, 2.24) is 15.2 Å². The summed E-state index contributed by atoms with van der Waals surface area (Å²) in [6.07, 6.45) is 0.413. The molecule has 0 fully saturated rings. The molecule has 6 heteroatoms. The van der Waals surface area contributed by atoms with Gasteiger partial charge in [0.2, 0.25) is 5.95 Å². The van der Waals surface area contributed by atoms with Crippen LogP contribution in [0.1, 0.15) is 22.4 Å². The van der Waals surface area contributed by atoms with Gasteiger partial charge in [0.25, 0.3) is 5.56 Å². The summed E-state index contributed by atoms with van der Waals surface area (Å²) < 4.78 is 5.13. The van der Waals surface area contributed by atoms with Gasteiger partial charge in [0.05, 0.1) is 7.11 Å². The third-order valence-corrected chi connectivity index (χ3v) is 4.07. The van der Waals surface area contributed by atoms with E-state index in [2.05, 4.69) is 27.4 Å². The highest BCUT2D eigenvalue weighted by Crippen LogP contribution is 2.17. The number of anilines is 2. The molecule has 0 unspecified atom stereocenters. The lowest BCUT2D eigenvalue weighted by atomic mass is 10.1. The van der Waals surface area contributed by atoms with Gasteiger partial charge >= 0.3 is 0 Å². The smallest absolute Gasteiger partial charge is 0.274 e. The largest absolute Gasteiger partial charge is 0.497 e. The summed E-state index contributed by atoms with van der Waals surface area (Å²) in [6.45, 7) is 4.08. The highest BCUT2D eigenvalue weighted by molar-refractivity contribution is 5.55. The molecule has 1 aromatic heterocycles. The van der Waals surface area contributed by atoms with Gasteiger partial charge < -0.3 is 10.1 Å². The van der Waals surface area contributed by atoms with Crippen molar-refractivity contribution in [3.8, 4) is 5.75 Å². The highest BCUT2D eigenvalue weighted by atomic mass is 16.5. The van der Waals surface area contributed by atoms with Crippen LogP contribution in [0.25, 0.3) is 0 Å². The average molecular weight is 336 g/mol. The zero-order valence-electron chi connectivity index (χ0n) is 14.5. The van der Waals surface area contributed by atoms with E-state index in [-0.39, 0.29) is 5.56 Å². The minimum absolute atomic E-state index is 0.253. The lowest BCUT2D eigenvalue weighted by molar-refractivity contribution is 0.414. The third-order valence-electron chi connectivity index (χ3n) is 4.07. The first-order valence-electron chi connectivity index (χ1n) is 7.98. The molecule has 1 heterocycles. The molecule has 0 aliphatic rings. The van der Waals surface area contributed by atoms with Crippen molar-refractivity contribution in [2.45, 2.75) is 20.3 Å². The zero-order chi connectivity index (χ0) is 17.8. The number of aryl methyl sites for hydroxylation is 2. The molecule has 0 aliphatic carbocycles. The Kier molecular flexibility index (Phi) is 4.79. The molecular formula is C19H20N4O2. The van der Waals surface area contributed by atoms with E-state index < -0.39 is 0 Å². The van der Waals surface area contributed by atoms with Gasteiger partial charge in [0.15, 0.2) is 0 Å². The van der Waals surface area contributed by atoms with Crippen LogP contribution in [0.2, 0.25) is 0 Å². The van der Waals surface area contributed by atoms with Crippen molar-refractivity contribution >= 4 is 11.6 Å². The van der Waals surface area contributed by atoms with E-state index in [9.17, 15) is 4.79 Å². The fourth-order valence-electron chi connectivity index (χ4n) is 2.42. The van der Waals surface area contributed by atoms with Crippen molar-refractivity contribution in [2.24, 2.45) is 0 Å². The molecule has 128 valence electrons. The molecule has 0 aliphatic heterocycles. The zero-order valence-corrected chi connectivity index (χ0v) is 14.5. The fourth-order valence-corrected chi connectivity index (χ4v) is 2.42. The summed E-state index contributed by atoms with van der Waals surface area (Å²) in [7, 11) is 1.62. The van der Waals surface area contributed by atoms with Gasteiger partial charge in [-0.25, -0.2) is 0 Å². The molecule has 25 heavy (non-hydrogen) atoms. The van der Waals surface area contributed by atoms with E-state index >= 15 is 0 Å². The van der Waals surface area contributed by atoms with Gasteiger partial charge in [-0.1, -0.05) is 18.2 Å². The Morgan fingerprint density at radius 1 is 1.04 bits per heavy atom. The predicted molar refractivity (Wildman–Crippen MR) is 97.7 cm³/mol. The minimum Gasteiger partial charge on any atom is -0.497 e. The number of nitrogens with zero attached hydrogens (tertiary/aromatic N) is 2. The van der Waals surface area contributed by atoms with Crippen molar-refractivity contribution in [3.05, 3.63) is 75.2 Å². The van der Waals surface area contributed by atoms with E-state index in [1.165, 1.54) is 5.56 Å². The maximum atomic E-state index is 12.3. The summed E-state index contributed by atoms with van der Waals surface area (Å²) >= 11 is 0. The van der Waals surface area contributed by atoms with Gasteiger partial charge in [0.1, 0.15) is 11.4 Å². The number of aromatic nitrogens is 3. The van der Waals surface area contributed by atoms with E-state index in [4.69, 9.17) is 4.74 Å². The average Bonchev–Trinajstić information content (AvgIpc) is 2.61. The number of hydrogen-bond donors (Lipinski definition) is 2. The van der Waals surface area contributed by atoms with E-state index in [0.717, 1.165) is 22.6 Å². The van der Waals surface area contributed by atoms with Gasteiger partial charge in [-0.15, -0.1) is 10.2 Å². The summed E-state index contributed by atoms with van der Waals surface area (Å²) in [4.78, 5) is 15.0. The van der Waals surface area contributed by atoms with Crippen LogP contribution in [0, 0.1) is 13.8 Å². The second kappa shape index (κ2) is 7.17. The quantitative estimate of drug-likeness (QED) is 0.748. The first-order valence-corrected chi connectivity index (χ1v) is 7.98. The first-order chi connectivity index (χ1) is 12.0. The maximum absolute atomic E-state index is 12.3. The van der Waals surface area contributed by atoms with Gasteiger partial charge in [-0.3, -0.25) is 9.78 Å². The molecule has 0 saturated heterocycles. The maximum Gasteiger partial charge on any atom is 0.274 e. The molecule has 0 spiro atoms. The molecule has 3 rings (SSSR count). The summed E-state index contributed by atoms with van der Waals surface area (Å²) in [6, 6.07) is 13.5. The molecule has 2 N–H and O–H groups in total. The monoisotopic (exact) mass is 336 g/mol.